The minimum Gasteiger partial charge on any atom is -0.490 e. The molecule has 2 rings (SSSR count). The summed E-state index contributed by atoms with van der Waals surface area (Å²) in [5.41, 5.74) is 2.76. The lowest BCUT2D eigenvalue weighted by Crippen LogP contribution is -2.53. The van der Waals surface area contributed by atoms with E-state index in [1.807, 2.05) is 90.9 Å². The first-order valence-corrected chi connectivity index (χ1v) is 12.6. The number of benzene rings is 2. The maximum atomic E-state index is 13.6. The fourth-order valence-corrected chi connectivity index (χ4v) is 3.99. The third-order valence-electron chi connectivity index (χ3n) is 5.72. The average Bonchev–Trinajstić information content (AvgIpc) is 2.79. The van der Waals surface area contributed by atoms with Crippen LogP contribution in [0.15, 0.2) is 42.5 Å². The van der Waals surface area contributed by atoms with Gasteiger partial charge in [-0.15, -0.1) is 0 Å². The predicted molar refractivity (Wildman–Crippen MR) is 141 cm³/mol. The van der Waals surface area contributed by atoms with Crippen LogP contribution in [0.3, 0.4) is 0 Å². The molecular formula is C29H42N2O4. The molecule has 0 saturated carbocycles. The highest BCUT2D eigenvalue weighted by Crippen LogP contribution is 2.29. The molecule has 0 bridgehead atoms. The van der Waals surface area contributed by atoms with Gasteiger partial charge in [-0.05, 0) is 83.2 Å². The fourth-order valence-electron chi connectivity index (χ4n) is 3.99. The van der Waals surface area contributed by atoms with Crippen LogP contribution < -0.4 is 14.8 Å². The molecule has 0 radical (unpaired) electrons. The Morgan fingerprint density at radius 3 is 2.23 bits per heavy atom. The second-order valence-electron chi connectivity index (χ2n) is 9.76. The van der Waals surface area contributed by atoms with Gasteiger partial charge in [0.15, 0.2) is 11.5 Å². The Labute approximate surface area is 211 Å². The van der Waals surface area contributed by atoms with E-state index in [2.05, 4.69) is 5.32 Å². The molecule has 0 unspecified atom stereocenters. The van der Waals surface area contributed by atoms with Crippen molar-refractivity contribution < 1.29 is 19.1 Å². The Morgan fingerprint density at radius 1 is 0.971 bits per heavy atom. The summed E-state index contributed by atoms with van der Waals surface area (Å²) in [6.07, 6.45) is 1.38. The van der Waals surface area contributed by atoms with E-state index in [1.165, 1.54) is 0 Å². The van der Waals surface area contributed by atoms with Gasteiger partial charge >= 0.3 is 0 Å². The Hall–Kier alpha value is -3.02. The molecular weight excluding hydrogens is 440 g/mol. The maximum Gasteiger partial charge on any atom is 0.243 e. The van der Waals surface area contributed by atoms with Gasteiger partial charge in [0.2, 0.25) is 11.8 Å². The number of nitrogens with one attached hydrogen (secondary N) is 1. The highest BCUT2D eigenvalue weighted by atomic mass is 16.5. The number of carbonyl (C=O) groups excluding carboxylic acids is 2. The molecule has 6 nitrogen and oxygen atoms in total. The van der Waals surface area contributed by atoms with Gasteiger partial charge in [-0.3, -0.25) is 9.59 Å². The molecule has 1 atom stereocenters. The minimum atomic E-state index is -0.541. The van der Waals surface area contributed by atoms with Crippen molar-refractivity contribution in [3.05, 3.63) is 59.2 Å². The number of carbonyl (C=O) groups is 2. The number of amides is 2. The van der Waals surface area contributed by atoms with Gasteiger partial charge in [0.25, 0.3) is 0 Å². The molecule has 0 heterocycles. The first kappa shape index (κ1) is 28.2. The van der Waals surface area contributed by atoms with Gasteiger partial charge in [-0.1, -0.05) is 37.3 Å². The van der Waals surface area contributed by atoms with Crippen LogP contribution in [0, 0.1) is 6.92 Å². The van der Waals surface area contributed by atoms with Gasteiger partial charge in [0.05, 0.1) is 13.2 Å². The second-order valence-corrected chi connectivity index (χ2v) is 9.76. The van der Waals surface area contributed by atoms with Crippen molar-refractivity contribution >= 4 is 11.8 Å². The molecule has 0 spiro atoms. The standard InChI is InChI=1S/C29H42N2O4/c1-8-24(28(33)30-29(5,6)7)31(20-23-14-12-11-13-21(23)4)27(32)18-16-22-15-17-25(34-9-2)26(19-22)35-10-3/h11-15,17,19,24H,8-10,16,18,20H2,1-7H3,(H,30,33)/t24-/m1/s1. The first-order valence-electron chi connectivity index (χ1n) is 12.6. The van der Waals surface area contributed by atoms with Gasteiger partial charge < -0.3 is 19.7 Å². The fraction of sp³-hybridized carbons (Fsp3) is 0.517. The summed E-state index contributed by atoms with van der Waals surface area (Å²) in [6, 6.07) is 13.3. The molecule has 1 N–H and O–H groups in total. The van der Waals surface area contributed by atoms with Crippen LogP contribution in [0.5, 0.6) is 11.5 Å². The summed E-state index contributed by atoms with van der Waals surface area (Å²) in [7, 11) is 0. The molecule has 2 aromatic carbocycles. The number of nitrogens with zero attached hydrogens (tertiary/aromatic N) is 1. The Morgan fingerprint density at radius 2 is 1.63 bits per heavy atom. The number of aryl methyl sites for hydroxylation is 2. The SMILES string of the molecule is CCOc1ccc(CCC(=O)N(Cc2ccccc2C)[C@H](CC)C(=O)NC(C)(C)C)cc1OCC. The van der Waals surface area contributed by atoms with E-state index < -0.39 is 6.04 Å². The van der Waals surface area contributed by atoms with Gasteiger partial charge in [-0.25, -0.2) is 0 Å². The van der Waals surface area contributed by atoms with Crippen molar-refractivity contribution in [1.29, 1.82) is 0 Å². The maximum absolute atomic E-state index is 13.6. The van der Waals surface area contributed by atoms with Crippen molar-refractivity contribution in [3.63, 3.8) is 0 Å². The Balaban J connectivity index is 2.27. The Bertz CT molecular complexity index is 981. The van der Waals surface area contributed by atoms with E-state index in [0.29, 0.717) is 50.5 Å². The molecule has 0 aliphatic carbocycles. The smallest absolute Gasteiger partial charge is 0.243 e. The number of ether oxygens (including phenoxy) is 2. The van der Waals surface area contributed by atoms with Crippen LogP contribution in [0.4, 0.5) is 0 Å². The lowest BCUT2D eigenvalue weighted by atomic mass is 10.0. The summed E-state index contributed by atoms with van der Waals surface area (Å²) < 4.78 is 11.4. The summed E-state index contributed by atoms with van der Waals surface area (Å²) in [6.45, 7) is 15.2. The van der Waals surface area contributed by atoms with Gasteiger partial charge in [0, 0.05) is 18.5 Å². The monoisotopic (exact) mass is 482 g/mol. The number of hydrogen-bond donors (Lipinski definition) is 1. The molecule has 6 heteroatoms. The highest BCUT2D eigenvalue weighted by Gasteiger charge is 2.30. The van der Waals surface area contributed by atoms with Gasteiger partial charge in [0.1, 0.15) is 6.04 Å². The van der Waals surface area contributed by atoms with Crippen molar-refractivity contribution in [2.75, 3.05) is 13.2 Å². The zero-order valence-electron chi connectivity index (χ0n) is 22.4. The number of hydrogen-bond acceptors (Lipinski definition) is 4. The predicted octanol–water partition coefficient (Wildman–Crippen LogP) is 5.45. The highest BCUT2D eigenvalue weighted by molar-refractivity contribution is 5.88. The third-order valence-corrected chi connectivity index (χ3v) is 5.72. The molecule has 0 aliphatic heterocycles. The summed E-state index contributed by atoms with van der Waals surface area (Å²) in [4.78, 5) is 28.5. The van der Waals surface area contributed by atoms with E-state index in [9.17, 15) is 9.59 Å². The third kappa shape index (κ3) is 8.61. The molecule has 2 aromatic rings. The molecule has 0 aliphatic rings. The van der Waals surface area contributed by atoms with E-state index in [4.69, 9.17) is 9.47 Å². The lowest BCUT2D eigenvalue weighted by molar-refractivity contribution is -0.142. The quantitative estimate of drug-likeness (QED) is 0.437. The van der Waals surface area contributed by atoms with Crippen molar-refractivity contribution in [1.82, 2.24) is 10.2 Å². The van der Waals surface area contributed by atoms with Crippen molar-refractivity contribution in [2.45, 2.75) is 85.9 Å². The van der Waals surface area contributed by atoms with Gasteiger partial charge in [-0.2, -0.15) is 0 Å². The molecule has 0 fully saturated rings. The van der Waals surface area contributed by atoms with Crippen LogP contribution in [-0.2, 0) is 22.6 Å². The largest absolute Gasteiger partial charge is 0.490 e. The molecule has 192 valence electrons. The van der Waals surface area contributed by atoms with E-state index >= 15 is 0 Å². The van der Waals surface area contributed by atoms with Crippen LogP contribution in [0.25, 0.3) is 0 Å². The van der Waals surface area contributed by atoms with Crippen LogP contribution in [-0.4, -0.2) is 41.5 Å². The number of rotatable bonds is 12. The van der Waals surface area contributed by atoms with Crippen LogP contribution in [0.2, 0.25) is 0 Å². The minimum absolute atomic E-state index is 0.0454. The van der Waals surface area contributed by atoms with E-state index in [-0.39, 0.29) is 17.4 Å². The Kier molecular flexibility index (Phi) is 10.6. The summed E-state index contributed by atoms with van der Waals surface area (Å²) in [5.74, 6) is 1.22. The molecule has 0 saturated heterocycles. The molecule has 35 heavy (non-hydrogen) atoms. The van der Waals surface area contributed by atoms with Crippen LogP contribution in [0.1, 0.15) is 71.1 Å². The first-order chi connectivity index (χ1) is 16.6. The second kappa shape index (κ2) is 13.2. The zero-order valence-corrected chi connectivity index (χ0v) is 22.4. The zero-order chi connectivity index (χ0) is 26.0. The van der Waals surface area contributed by atoms with Crippen molar-refractivity contribution in [3.8, 4) is 11.5 Å². The molecule has 2 amide bonds. The lowest BCUT2D eigenvalue weighted by Gasteiger charge is -2.33. The normalized spacial score (nSPS) is 12.1. The van der Waals surface area contributed by atoms with E-state index in [0.717, 1.165) is 16.7 Å². The summed E-state index contributed by atoms with van der Waals surface area (Å²) >= 11 is 0. The van der Waals surface area contributed by atoms with E-state index in [1.54, 1.807) is 4.90 Å². The summed E-state index contributed by atoms with van der Waals surface area (Å²) in [5, 5.41) is 3.06. The van der Waals surface area contributed by atoms with Crippen molar-refractivity contribution in [2.24, 2.45) is 0 Å². The topological polar surface area (TPSA) is 67.9 Å². The van der Waals surface area contributed by atoms with Crippen LogP contribution >= 0.6 is 0 Å². The average molecular weight is 483 g/mol. The molecule has 0 aromatic heterocycles.